The van der Waals surface area contributed by atoms with Gasteiger partial charge in [-0.05, 0) is 18.1 Å². The minimum atomic E-state index is -0.708. The quantitative estimate of drug-likeness (QED) is 0.804. The average molecular weight is 407 g/mol. The molecule has 0 spiro atoms. The van der Waals surface area contributed by atoms with Crippen LogP contribution >= 0.6 is 12.4 Å². The summed E-state index contributed by atoms with van der Waals surface area (Å²) in [5.41, 5.74) is 8.52. The Hall–Kier alpha value is -2.58. The molecule has 1 atom stereocenters. The van der Waals surface area contributed by atoms with Crippen molar-refractivity contribution < 1.29 is 9.59 Å². The number of nitrogens with one attached hydrogen (secondary N) is 1. The molecular weight excluding hydrogens is 380 g/mol. The number of hydrogen-bond acceptors (Lipinski definition) is 4. The number of halogens is 1. The van der Waals surface area contributed by atoms with Crippen molar-refractivity contribution in [2.45, 2.75) is 32.1 Å². The van der Waals surface area contributed by atoms with E-state index >= 15 is 0 Å². The Bertz CT molecular complexity index is 808. The topological polar surface area (TPSA) is 96.5 Å². The van der Waals surface area contributed by atoms with E-state index in [4.69, 9.17) is 5.73 Å². The summed E-state index contributed by atoms with van der Waals surface area (Å²) in [5, 5.41) is 7.41. The Morgan fingerprint density at radius 1 is 1.25 bits per heavy atom. The molecule has 3 N–H and O–H groups in total. The molecule has 1 aromatic carbocycles. The van der Waals surface area contributed by atoms with Gasteiger partial charge in [0.05, 0.1) is 24.5 Å². The molecule has 1 aliphatic rings. The van der Waals surface area contributed by atoms with Crippen molar-refractivity contribution >= 4 is 24.3 Å². The van der Waals surface area contributed by atoms with Crippen LogP contribution in [0.25, 0.3) is 0 Å². The van der Waals surface area contributed by atoms with E-state index in [1.54, 1.807) is 19.0 Å². The highest BCUT2D eigenvalue weighted by Gasteiger charge is 2.22. The van der Waals surface area contributed by atoms with Crippen molar-refractivity contribution in [3.8, 4) is 0 Å². The van der Waals surface area contributed by atoms with Gasteiger partial charge in [-0.3, -0.25) is 9.48 Å². The molecule has 2 heterocycles. The largest absolute Gasteiger partial charge is 0.349 e. The minimum absolute atomic E-state index is 0. The number of carbonyl (C=O) groups excluding carboxylic acids is 2. The molecule has 28 heavy (non-hydrogen) atoms. The van der Waals surface area contributed by atoms with E-state index in [1.807, 2.05) is 46.0 Å². The van der Waals surface area contributed by atoms with Crippen LogP contribution in [0.4, 0.5) is 4.79 Å². The number of aromatic nitrogens is 2. The second-order valence-electron chi connectivity index (χ2n) is 6.91. The highest BCUT2D eigenvalue weighted by Crippen LogP contribution is 2.15. The molecule has 152 valence electrons. The van der Waals surface area contributed by atoms with Crippen molar-refractivity contribution in [1.82, 2.24) is 24.9 Å². The molecule has 1 aromatic heterocycles. The van der Waals surface area contributed by atoms with Crippen LogP contribution in [-0.4, -0.2) is 52.2 Å². The number of benzene rings is 1. The van der Waals surface area contributed by atoms with E-state index < -0.39 is 6.04 Å². The lowest BCUT2D eigenvalue weighted by atomic mass is 10.1. The summed E-state index contributed by atoms with van der Waals surface area (Å²) in [6, 6.07) is 10.5. The first-order chi connectivity index (χ1) is 13.0. The van der Waals surface area contributed by atoms with Gasteiger partial charge in [-0.1, -0.05) is 30.3 Å². The smallest absolute Gasteiger partial charge is 0.319 e. The molecule has 2 aromatic rings. The molecule has 0 radical (unpaired) electrons. The number of amides is 3. The zero-order chi connectivity index (χ0) is 19.4. The van der Waals surface area contributed by atoms with Gasteiger partial charge in [0.1, 0.15) is 6.04 Å². The lowest BCUT2D eigenvalue weighted by molar-refractivity contribution is -0.122. The van der Waals surface area contributed by atoms with Gasteiger partial charge in [-0.2, -0.15) is 5.10 Å². The normalized spacial score (nSPS) is 14.3. The van der Waals surface area contributed by atoms with E-state index in [2.05, 4.69) is 10.4 Å². The Kier molecular flexibility index (Phi) is 7.42. The fourth-order valence-electron chi connectivity index (χ4n) is 3.15. The maximum Gasteiger partial charge on any atom is 0.319 e. The maximum atomic E-state index is 12.3. The number of fused-ring (bicyclic) bond motifs is 1. The number of hydrogen-bond donors (Lipinski definition) is 2. The zero-order valence-corrected chi connectivity index (χ0v) is 17.0. The SMILES string of the molecule is CN(C)C(=O)N1CCCn2nc(CNC(=O)[C@H](N)c3ccccc3)cc2C1.Cl. The predicted molar refractivity (Wildman–Crippen MR) is 109 cm³/mol. The molecule has 1 aliphatic heterocycles. The second kappa shape index (κ2) is 9.57. The number of urea groups is 1. The lowest BCUT2D eigenvalue weighted by Gasteiger charge is -2.23. The van der Waals surface area contributed by atoms with Gasteiger partial charge in [0, 0.05) is 27.2 Å². The fourth-order valence-corrected chi connectivity index (χ4v) is 3.15. The maximum absolute atomic E-state index is 12.3. The van der Waals surface area contributed by atoms with Crippen LogP contribution in [0.2, 0.25) is 0 Å². The first kappa shape index (κ1) is 21.7. The third-order valence-corrected chi connectivity index (χ3v) is 4.60. The third-order valence-electron chi connectivity index (χ3n) is 4.60. The molecule has 0 saturated carbocycles. The lowest BCUT2D eigenvalue weighted by Crippen LogP contribution is -2.38. The van der Waals surface area contributed by atoms with Crippen LogP contribution in [0.3, 0.4) is 0 Å². The van der Waals surface area contributed by atoms with Gasteiger partial charge in [0.25, 0.3) is 0 Å². The highest BCUT2D eigenvalue weighted by molar-refractivity contribution is 5.85. The Morgan fingerprint density at radius 2 is 1.96 bits per heavy atom. The Balaban J connectivity index is 0.00000280. The average Bonchev–Trinajstić information content (AvgIpc) is 2.95. The van der Waals surface area contributed by atoms with Crippen molar-refractivity contribution in [3.05, 3.63) is 53.3 Å². The van der Waals surface area contributed by atoms with E-state index in [0.717, 1.165) is 29.9 Å². The standard InChI is InChI=1S/C19H26N6O2.ClH/c1-23(2)19(27)24-9-6-10-25-16(13-24)11-15(22-25)12-21-18(26)17(20)14-7-4-3-5-8-14;/h3-5,7-8,11,17H,6,9-10,12-13,20H2,1-2H3,(H,21,26);1H/t17-;/m1./s1. The van der Waals surface area contributed by atoms with Crippen LogP contribution in [0.5, 0.6) is 0 Å². The molecule has 9 heteroatoms. The highest BCUT2D eigenvalue weighted by atomic mass is 35.5. The van der Waals surface area contributed by atoms with Gasteiger partial charge in [0.2, 0.25) is 5.91 Å². The molecule has 0 saturated heterocycles. The molecule has 0 fully saturated rings. The van der Waals surface area contributed by atoms with Crippen molar-refractivity contribution in [2.75, 3.05) is 20.6 Å². The first-order valence-electron chi connectivity index (χ1n) is 9.06. The molecule has 0 bridgehead atoms. The second-order valence-corrected chi connectivity index (χ2v) is 6.91. The fraction of sp³-hybridized carbons (Fsp3) is 0.421. The van der Waals surface area contributed by atoms with Gasteiger partial charge >= 0.3 is 6.03 Å². The number of rotatable bonds is 4. The van der Waals surface area contributed by atoms with Crippen LogP contribution < -0.4 is 11.1 Å². The predicted octanol–water partition coefficient (Wildman–Crippen LogP) is 1.51. The van der Waals surface area contributed by atoms with Gasteiger partial charge in [-0.25, -0.2) is 4.79 Å². The van der Waals surface area contributed by atoms with Crippen LogP contribution in [0, 0.1) is 0 Å². The zero-order valence-electron chi connectivity index (χ0n) is 16.2. The summed E-state index contributed by atoms with van der Waals surface area (Å²) in [6.45, 7) is 2.28. The number of nitrogens with zero attached hydrogens (tertiary/aromatic N) is 4. The Labute approximate surface area is 171 Å². The summed E-state index contributed by atoms with van der Waals surface area (Å²) < 4.78 is 1.92. The third kappa shape index (κ3) is 5.02. The Morgan fingerprint density at radius 3 is 2.64 bits per heavy atom. The van der Waals surface area contributed by atoms with Crippen LogP contribution in [0.15, 0.2) is 36.4 Å². The van der Waals surface area contributed by atoms with Crippen molar-refractivity contribution in [1.29, 1.82) is 0 Å². The summed E-state index contributed by atoms with van der Waals surface area (Å²) in [6.07, 6.45) is 0.846. The summed E-state index contributed by atoms with van der Waals surface area (Å²) in [4.78, 5) is 27.9. The molecule has 3 amide bonds. The molecule has 8 nitrogen and oxygen atoms in total. The number of nitrogens with two attached hydrogens (primary N) is 1. The summed E-state index contributed by atoms with van der Waals surface area (Å²) in [5.74, 6) is -0.242. The molecule has 0 unspecified atom stereocenters. The van der Waals surface area contributed by atoms with Crippen molar-refractivity contribution in [3.63, 3.8) is 0 Å². The molecule has 3 rings (SSSR count). The van der Waals surface area contributed by atoms with Crippen LogP contribution in [-0.2, 0) is 24.4 Å². The van der Waals surface area contributed by atoms with Gasteiger partial charge in [0.15, 0.2) is 0 Å². The van der Waals surface area contributed by atoms with Crippen molar-refractivity contribution in [2.24, 2.45) is 5.73 Å². The molecule has 0 aliphatic carbocycles. The van der Waals surface area contributed by atoms with E-state index in [9.17, 15) is 9.59 Å². The van der Waals surface area contributed by atoms with E-state index in [1.165, 1.54) is 0 Å². The van der Waals surface area contributed by atoms with Crippen LogP contribution in [0.1, 0.15) is 29.4 Å². The van der Waals surface area contributed by atoms with Gasteiger partial charge in [-0.15, -0.1) is 12.4 Å². The minimum Gasteiger partial charge on any atom is -0.349 e. The summed E-state index contributed by atoms with van der Waals surface area (Å²) >= 11 is 0. The van der Waals surface area contributed by atoms with E-state index in [-0.39, 0.29) is 24.3 Å². The van der Waals surface area contributed by atoms with E-state index in [0.29, 0.717) is 19.6 Å². The monoisotopic (exact) mass is 406 g/mol. The molecular formula is C19H27ClN6O2. The first-order valence-corrected chi connectivity index (χ1v) is 9.06. The van der Waals surface area contributed by atoms with Gasteiger partial charge < -0.3 is 20.9 Å². The number of aryl methyl sites for hydroxylation is 1. The summed E-state index contributed by atoms with van der Waals surface area (Å²) in [7, 11) is 3.50. The number of carbonyl (C=O) groups is 2.